The van der Waals surface area contributed by atoms with Crippen LogP contribution in [0.3, 0.4) is 0 Å². The van der Waals surface area contributed by atoms with Crippen molar-refractivity contribution in [1.29, 1.82) is 0 Å². The van der Waals surface area contributed by atoms with E-state index in [-0.39, 0.29) is 87.4 Å². The number of carbonyl (C=O) groups excluding carboxylic acids is 1. The fraction of sp³-hybridized carbons (Fsp3) is 0.0500. The van der Waals surface area contributed by atoms with E-state index >= 15 is 0 Å². The summed E-state index contributed by atoms with van der Waals surface area (Å²) in [7, 11) is -2.72. The van der Waals surface area contributed by atoms with Crippen molar-refractivity contribution in [2.75, 3.05) is 17.7 Å². The topological polar surface area (TPSA) is 133 Å². The van der Waals surface area contributed by atoms with Crippen molar-refractivity contribution in [3.8, 4) is 5.69 Å². The summed E-state index contributed by atoms with van der Waals surface area (Å²) in [5.41, 5.74) is -0.929. The van der Waals surface area contributed by atoms with Crippen LogP contribution in [0.25, 0.3) is 16.6 Å². The number of anilines is 2. The van der Waals surface area contributed by atoms with E-state index in [1.54, 1.807) is 0 Å². The third-order valence-electron chi connectivity index (χ3n) is 4.75. The van der Waals surface area contributed by atoms with Gasteiger partial charge in [-0.3, -0.25) is 4.79 Å². The van der Waals surface area contributed by atoms with E-state index in [9.17, 15) is 27.2 Å². The maximum Gasteiger partial charge on any atom is 0.351 e. The molecule has 2 aromatic carbocycles. The average molecular weight is 563 g/mol. The molecule has 15 heteroatoms. The summed E-state index contributed by atoms with van der Waals surface area (Å²) in [4.78, 5) is 40.3. The van der Waals surface area contributed by atoms with Gasteiger partial charge in [0.15, 0.2) is 0 Å². The van der Waals surface area contributed by atoms with Crippen LogP contribution in [0.2, 0.25) is 0 Å². The van der Waals surface area contributed by atoms with Crippen LogP contribution < -0.4 is 21.9 Å². The Hall–Kier alpha value is -2.04. The predicted molar refractivity (Wildman–Crippen MR) is 134 cm³/mol. The summed E-state index contributed by atoms with van der Waals surface area (Å²) in [6.07, 6.45) is 0. The molecule has 0 saturated heterocycles. The van der Waals surface area contributed by atoms with Crippen LogP contribution in [0.1, 0.15) is 0 Å². The van der Waals surface area contributed by atoms with E-state index in [0.29, 0.717) is 0 Å². The Labute approximate surface area is 249 Å². The summed E-state index contributed by atoms with van der Waals surface area (Å²) in [5.74, 6) is -0.660. The molecular formula is C20H15ClFKN5O5S2. The van der Waals surface area contributed by atoms with Crippen molar-refractivity contribution >= 4 is 113 Å². The van der Waals surface area contributed by atoms with E-state index in [1.807, 2.05) is 0 Å². The first kappa shape index (κ1) is 27.5. The molecule has 0 spiro atoms. The minimum absolute atomic E-state index is 0. The van der Waals surface area contributed by atoms with Crippen molar-refractivity contribution in [3.63, 3.8) is 0 Å². The van der Waals surface area contributed by atoms with Gasteiger partial charge in [-0.1, -0.05) is 6.07 Å². The van der Waals surface area contributed by atoms with Crippen LogP contribution in [-0.2, 0) is 10.0 Å². The molecule has 0 saturated carbocycles. The molecule has 4 aromatic rings. The standard InChI is InChI=1S/C20H15ClFN5O5S2.K/c1-23-16-10-15-13(9-14(16)22)18(28)26(19(29)25-15)12-6-4-11(5-7-12)24-20(30)27(21)34(31,32)17-3-2-8-33-17;/h2-10,23H,1H3,(H,24,30)(H,25,29);. The summed E-state index contributed by atoms with van der Waals surface area (Å²) in [6.45, 7) is 0. The number of nitrogens with one attached hydrogen (secondary N) is 3. The Morgan fingerprint density at radius 3 is 2.46 bits per heavy atom. The first-order valence-corrected chi connectivity index (χ1v) is 12.1. The molecule has 2 heterocycles. The van der Waals surface area contributed by atoms with Gasteiger partial charge in [0, 0.05) is 75.9 Å². The fourth-order valence-electron chi connectivity index (χ4n) is 3.12. The number of amides is 2. The van der Waals surface area contributed by atoms with Crippen LogP contribution >= 0.6 is 23.1 Å². The van der Waals surface area contributed by atoms with Crippen LogP contribution in [0, 0.1) is 5.82 Å². The zero-order valence-electron chi connectivity index (χ0n) is 18.2. The van der Waals surface area contributed by atoms with Crippen LogP contribution in [0.5, 0.6) is 0 Å². The largest absolute Gasteiger partial charge is 0.386 e. The summed E-state index contributed by atoms with van der Waals surface area (Å²) in [5, 5.41) is 6.44. The molecule has 0 aliphatic carbocycles. The number of aromatic amines is 1. The fourth-order valence-corrected chi connectivity index (χ4v) is 5.51. The number of thiophene rings is 1. The molecule has 35 heavy (non-hydrogen) atoms. The molecular weight excluding hydrogens is 548 g/mol. The van der Waals surface area contributed by atoms with Crippen LogP contribution in [0.15, 0.2) is 67.7 Å². The molecule has 0 unspecified atom stereocenters. The number of rotatable bonds is 5. The van der Waals surface area contributed by atoms with E-state index in [0.717, 1.165) is 22.0 Å². The normalized spacial score (nSPS) is 11.1. The minimum Gasteiger partial charge on any atom is -0.386 e. The Balaban J connectivity index is 0.00000342. The molecule has 0 aliphatic heterocycles. The molecule has 0 atom stereocenters. The number of hydrogen-bond acceptors (Lipinski definition) is 7. The number of hydrogen-bond donors (Lipinski definition) is 3. The zero-order chi connectivity index (χ0) is 24.6. The van der Waals surface area contributed by atoms with Crippen molar-refractivity contribution in [2.24, 2.45) is 0 Å². The number of carbonyl (C=O) groups is 1. The van der Waals surface area contributed by atoms with Crippen molar-refractivity contribution in [3.05, 3.63) is 80.6 Å². The molecule has 0 bridgehead atoms. The quantitative estimate of drug-likeness (QED) is 0.253. The average Bonchev–Trinajstić information content (AvgIpc) is 3.36. The Morgan fingerprint density at radius 1 is 1.17 bits per heavy atom. The number of urea groups is 1. The van der Waals surface area contributed by atoms with Crippen molar-refractivity contribution < 1.29 is 17.6 Å². The van der Waals surface area contributed by atoms with E-state index in [4.69, 9.17) is 11.8 Å². The van der Waals surface area contributed by atoms with Gasteiger partial charge in [-0.2, -0.15) is 8.42 Å². The number of nitrogens with zero attached hydrogens (tertiary/aromatic N) is 2. The second-order valence-electron chi connectivity index (χ2n) is 6.83. The van der Waals surface area contributed by atoms with Gasteiger partial charge >= 0.3 is 11.7 Å². The second-order valence-corrected chi connectivity index (χ2v) is 10.3. The van der Waals surface area contributed by atoms with Gasteiger partial charge in [-0.15, -0.1) is 15.2 Å². The van der Waals surface area contributed by atoms with Gasteiger partial charge in [0.1, 0.15) is 10.0 Å². The van der Waals surface area contributed by atoms with Gasteiger partial charge < -0.3 is 15.6 Å². The maximum atomic E-state index is 14.1. The Kier molecular flexibility index (Phi) is 8.59. The van der Waals surface area contributed by atoms with Gasteiger partial charge in [0.05, 0.1) is 22.3 Å². The molecule has 1 radical (unpaired) electrons. The number of halogens is 2. The molecule has 10 nitrogen and oxygen atoms in total. The van der Waals surface area contributed by atoms with Crippen LogP contribution in [-0.4, -0.2) is 86.3 Å². The van der Waals surface area contributed by atoms with Crippen molar-refractivity contribution in [1.82, 2.24) is 13.4 Å². The van der Waals surface area contributed by atoms with E-state index in [2.05, 4.69) is 15.6 Å². The second kappa shape index (κ2) is 10.9. The SMILES string of the molecule is CNc1cc2[nH]c(=O)n(-c3ccc(NC(=O)N(Cl)S(=O)(=O)c4cccs4)cc3)c(=O)c2cc1F.[K]. The van der Waals surface area contributed by atoms with Crippen molar-refractivity contribution in [2.45, 2.75) is 4.21 Å². The maximum absolute atomic E-state index is 14.1. The Bertz CT molecular complexity index is 1620. The number of sulfonamides is 1. The number of H-pyrrole nitrogens is 1. The van der Waals surface area contributed by atoms with E-state index in [1.165, 1.54) is 54.9 Å². The number of benzene rings is 2. The first-order chi connectivity index (χ1) is 16.1. The molecule has 177 valence electrons. The summed E-state index contributed by atoms with van der Waals surface area (Å²) >= 11 is 6.64. The third kappa shape index (κ3) is 5.39. The van der Waals surface area contributed by atoms with Crippen LogP contribution in [0.4, 0.5) is 20.6 Å². The monoisotopic (exact) mass is 562 g/mol. The van der Waals surface area contributed by atoms with Gasteiger partial charge in [0.2, 0.25) is 0 Å². The van der Waals surface area contributed by atoms with Gasteiger partial charge in [-0.25, -0.2) is 18.5 Å². The molecule has 2 aromatic heterocycles. The Morgan fingerprint density at radius 2 is 1.86 bits per heavy atom. The number of fused-ring (bicyclic) bond motifs is 1. The molecule has 0 aliphatic rings. The van der Waals surface area contributed by atoms with E-state index < -0.39 is 33.1 Å². The molecule has 2 amide bonds. The molecule has 0 fully saturated rings. The number of aromatic nitrogens is 2. The van der Waals surface area contributed by atoms with Gasteiger partial charge in [0.25, 0.3) is 15.6 Å². The summed E-state index contributed by atoms with van der Waals surface area (Å²) < 4.78 is 39.6. The predicted octanol–water partition coefficient (Wildman–Crippen LogP) is 2.92. The third-order valence-corrected chi connectivity index (χ3v) is 8.26. The first-order valence-electron chi connectivity index (χ1n) is 9.46. The smallest absolute Gasteiger partial charge is 0.351 e. The summed E-state index contributed by atoms with van der Waals surface area (Å²) in [6, 6.07) is 9.41. The molecule has 4 rings (SSSR count). The molecule has 3 N–H and O–H groups in total. The zero-order valence-corrected chi connectivity index (χ0v) is 23.7. The van der Waals surface area contributed by atoms with Gasteiger partial charge in [-0.05, 0) is 47.8 Å². The minimum atomic E-state index is -4.23.